The van der Waals surface area contributed by atoms with Crippen LogP contribution in [0.2, 0.25) is 0 Å². The SMILES string of the molecule is CCCC#CC(CCC)C(C)CCC.Cc1ccc(CC(C)N)cc1. The Morgan fingerprint density at radius 3 is 2.00 bits per heavy atom. The standard InChI is InChI=1S/C14H26.C10H15N/c1-5-8-9-12-14(11-7-3)13(4)10-6-2;1-8-3-5-10(6-4-8)7-9(2)11/h13-14H,5-8,10-11H2,1-4H3;3-6,9H,7,11H2,1-2H3. The predicted octanol–water partition coefficient (Wildman–Crippen LogP) is 6.53. The summed E-state index contributed by atoms with van der Waals surface area (Å²) >= 11 is 0. The highest BCUT2D eigenvalue weighted by Crippen LogP contribution is 2.21. The number of nitrogens with two attached hydrogens (primary N) is 1. The molecule has 1 nitrogen and oxygen atoms in total. The Morgan fingerprint density at radius 1 is 0.920 bits per heavy atom. The number of hydrogen-bond donors (Lipinski definition) is 1. The van der Waals surface area contributed by atoms with Crippen molar-refractivity contribution < 1.29 is 0 Å². The van der Waals surface area contributed by atoms with Crippen LogP contribution in [0.5, 0.6) is 0 Å². The van der Waals surface area contributed by atoms with E-state index in [0.717, 1.165) is 18.8 Å². The largest absolute Gasteiger partial charge is 0.328 e. The van der Waals surface area contributed by atoms with Gasteiger partial charge in [-0.3, -0.25) is 0 Å². The maximum atomic E-state index is 5.66. The van der Waals surface area contributed by atoms with E-state index >= 15 is 0 Å². The van der Waals surface area contributed by atoms with Crippen LogP contribution in [0.4, 0.5) is 0 Å². The molecule has 25 heavy (non-hydrogen) atoms. The number of unbranched alkanes of at least 4 members (excludes halogenated alkanes) is 1. The van der Waals surface area contributed by atoms with E-state index in [9.17, 15) is 0 Å². The van der Waals surface area contributed by atoms with Crippen LogP contribution in [-0.2, 0) is 6.42 Å². The topological polar surface area (TPSA) is 26.0 Å². The molecule has 0 aromatic heterocycles. The van der Waals surface area contributed by atoms with Gasteiger partial charge in [0.2, 0.25) is 0 Å². The molecule has 0 aliphatic heterocycles. The maximum Gasteiger partial charge on any atom is 0.0228 e. The van der Waals surface area contributed by atoms with Gasteiger partial charge in [0, 0.05) is 18.4 Å². The Balaban J connectivity index is 0.000000472. The van der Waals surface area contributed by atoms with Crippen LogP contribution in [0.15, 0.2) is 24.3 Å². The monoisotopic (exact) mass is 343 g/mol. The first-order valence-corrected chi connectivity index (χ1v) is 10.2. The first kappa shape index (κ1) is 23.7. The molecule has 0 fully saturated rings. The average molecular weight is 344 g/mol. The molecule has 0 amide bonds. The van der Waals surface area contributed by atoms with Crippen molar-refractivity contribution in [2.75, 3.05) is 0 Å². The fourth-order valence-electron chi connectivity index (χ4n) is 2.89. The van der Waals surface area contributed by atoms with E-state index in [1.165, 1.54) is 43.2 Å². The van der Waals surface area contributed by atoms with Crippen molar-refractivity contribution in [3.05, 3.63) is 35.4 Å². The normalized spacial score (nSPS) is 13.7. The van der Waals surface area contributed by atoms with Gasteiger partial charge in [-0.2, -0.15) is 0 Å². The number of benzene rings is 1. The summed E-state index contributed by atoms with van der Waals surface area (Å²) in [5, 5.41) is 0. The first-order chi connectivity index (χ1) is 11.9. The third kappa shape index (κ3) is 12.7. The number of hydrogen-bond acceptors (Lipinski definition) is 1. The van der Waals surface area contributed by atoms with E-state index < -0.39 is 0 Å². The van der Waals surface area contributed by atoms with Gasteiger partial charge in [-0.05, 0) is 51.0 Å². The summed E-state index contributed by atoms with van der Waals surface area (Å²) < 4.78 is 0. The minimum Gasteiger partial charge on any atom is -0.328 e. The lowest BCUT2D eigenvalue weighted by atomic mass is 9.87. The zero-order valence-electron chi connectivity index (χ0n) is 17.6. The smallest absolute Gasteiger partial charge is 0.0228 e. The Bertz CT molecular complexity index is 475. The summed E-state index contributed by atoms with van der Waals surface area (Å²) in [4.78, 5) is 0. The fourth-order valence-corrected chi connectivity index (χ4v) is 2.89. The van der Waals surface area contributed by atoms with Crippen molar-refractivity contribution >= 4 is 0 Å². The van der Waals surface area contributed by atoms with Crippen molar-refractivity contribution in [1.29, 1.82) is 0 Å². The van der Waals surface area contributed by atoms with Crippen LogP contribution in [0.3, 0.4) is 0 Å². The quantitative estimate of drug-likeness (QED) is 0.534. The highest BCUT2D eigenvalue weighted by atomic mass is 14.6. The Labute approximate surface area is 157 Å². The second-order valence-corrected chi connectivity index (χ2v) is 7.40. The fraction of sp³-hybridized carbons (Fsp3) is 0.667. The average Bonchev–Trinajstić information content (AvgIpc) is 2.57. The van der Waals surface area contributed by atoms with Crippen molar-refractivity contribution in [3.8, 4) is 11.8 Å². The molecule has 0 spiro atoms. The molecule has 1 heteroatoms. The number of aryl methyl sites for hydroxylation is 1. The second-order valence-electron chi connectivity index (χ2n) is 7.40. The van der Waals surface area contributed by atoms with Crippen molar-refractivity contribution in [2.45, 2.75) is 92.5 Å². The van der Waals surface area contributed by atoms with Crippen LogP contribution >= 0.6 is 0 Å². The molecule has 0 radical (unpaired) electrons. The van der Waals surface area contributed by atoms with Gasteiger partial charge in [-0.15, -0.1) is 5.92 Å². The van der Waals surface area contributed by atoms with Crippen LogP contribution in [0.1, 0.15) is 84.3 Å². The maximum absolute atomic E-state index is 5.66. The van der Waals surface area contributed by atoms with E-state index in [-0.39, 0.29) is 6.04 Å². The third-order valence-corrected chi connectivity index (χ3v) is 4.37. The molecule has 1 rings (SSSR count). The van der Waals surface area contributed by atoms with Gasteiger partial charge in [0.1, 0.15) is 0 Å². The van der Waals surface area contributed by atoms with E-state index in [4.69, 9.17) is 5.73 Å². The zero-order valence-corrected chi connectivity index (χ0v) is 17.6. The molecule has 0 bridgehead atoms. The molecular weight excluding hydrogens is 302 g/mol. The summed E-state index contributed by atoms with van der Waals surface area (Å²) in [7, 11) is 0. The molecule has 3 atom stereocenters. The molecule has 3 unspecified atom stereocenters. The Kier molecular flexibility index (Phi) is 14.3. The highest BCUT2D eigenvalue weighted by Gasteiger charge is 2.12. The molecule has 1 aromatic rings. The third-order valence-electron chi connectivity index (χ3n) is 4.37. The van der Waals surface area contributed by atoms with Gasteiger partial charge in [0.15, 0.2) is 0 Å². The van der Waals surface area contributed by atoms with E-state index in [1.54, 1.807) is 0 Å². The minimum absolute atomic E-state index is 0.262. The Hall–Kier alpha value is -1.26. The molecule has 0 heterocycles. The summed E-state index contributed by atoms with van der Waals surface area (Å²) in [5.74, 6) is 8.19. The van der Waals surface area contributed by atoms with Crippen molar-refractivity contribution in [2.24, 2.45) is 17.6 Å². The zero-order chi connectivity index (χ0) is 19.1. The predicted molar refractivity (Wildman–Crippen MR) is 114 cm³/mol. The summed E-state index contributed by atoms with van der Waals surface area (Å²) in [5.41, 5.74) is 8.29. The van der Waals surface area contributed by atoms with Gasteiger partial charge in [0.05, 0.1) is 0 Å². The van der Waals surface area contributed by atoms with Gasteiger partial charge >= 0.3 is 0 Å². The van der Waals surface area contributed by atoms with E-state index in [0.29, 0.717) is 5.92 Å². The lowest BCUT2D eigenvalue weighted by molar-refractivity contribution is 0.385. The molecule has 142 valence electrons. The lowest BCUT2D eigenvalue weighted by Gasteiger charge is -2.17. The molecule has 2 N–H and O–H groups in total. The molecule has 0 aliphatic carbocycles. The van der Waals surface area contributed by atoms with Crippen LogP contribution < -0.4 is 5.73 Å². The number of rotatable bonds is 8. The first-order valence-electron chi connectivity index (χ1n) is 10.2. The second kappa shape index (κ2) is 15.0. The van der Waals surface area contributed by atoms with Gasteiger partial charge < -0.3 is 5.73 Å². The summed E-state index contributed by atoms with van der Waals surface area (Å²) in [6.45, 7) is 13.2. The van der Waals surface area contributed by atoms with Crippen molar-refractivity contribution in [1.82, 2.24) is 0 Å². The highest BCUT2D eigenvalue weighted by molar-refractivity contribution is 5.21. The van der Waals surface area contributed by atoms with Gasteiger partial charge in [-0.1, -0.05) is 76.3 Å². The summed E-state index contributed by atoms with van der Waals surface area (Å²) in [6.07, 6.45) is 8.38. The van der Waals surface area contributed by atoms with E-state index in [1.807, 2.05) is 6.92 Å². The molecule has 0 saturated heterocycles. The van der Waals surface area contributed by atoms with Crippen LogP contribution in [0, 0.1) is 30.6 Å². The lowest BCUT2D eigenvalue weighted by Crippen LogP contribution is -2.17. The minimum atomic E-state index is 0.262. The molecular formula is C24H41N. The molecule has 0 aliphatic rings. The van der Waals surface area contributed by atoms with Crippen LogP contribution in [-0.4, -0.2) is 6.04 Å². The molecule has 1 aromatic carbocycles. The summed E-state index contributed by atoms with van der Waals surface area (Å²) in [6, 6.07) is 8.78. The van der Waals surface area contributed by atoms with E-state index in [2.05, 4.69) is 70.7 Å². The van der Waals surface area contributed by atoms with Gasteiger partial charge in [-0.25, -0.2) is 0 Å². The van der Waals surface area contributed by atoms with Crippen LogP contribution in [0.25, 0.3) is 0 Å². The Morgan fingerprint density at radius 2 is 1.52 bits per heavy atom. The van der Waals surface area contributed by atoms with Gasteiger partial charge in [0.25, 0.3) is 0 Å². The molecule has 0 saturated carbocycles. The van der Waals surface area contributed by atoms with Crippen molar-refractivity contribution in [3.63, 3.8) is 0 Å².